The number of carbonyl (C=O) groups excluding carboxylic acids is 1. The third-order valence-electron chi connectivity index (χ3n) is 5.95. The molecule has 0 amide bonds. The Kier molecular flexibility index (Phi) is 6.93. The van der Waals surface area contributed by atoms with Crippen molar-refractivity contribution < 1.29 is 14.3 Å². The molecule has 1 aromatic carbocycles. The van der Waals surface area contributed by atoms with Crippen molar-refractivity contribution in [2.24, 2.45) is 0 Å². The standard InChI is InChI=1S/C25H28N4O3S/c1-17-9-14-21(29(17)18-10-12-19(31-2)13-11-18)24-23(20-7-4-5-15-26-20)27-25(33)28(24)16-6-8-22(30)32-3/h4-5,7,9-15,23-24H,6,8,16H2,1-3H3,(H,27,33)/t23-,24+/m1/s1. The summed E-state index contributed by atoms with van der Waals surface area (Å²) < 4.78 is 12.4. The molecule has 2 aromatic heterocycles. The van der Waals surface area contributed by atoms with Crippen LogP contribution in [0.2, 0.25) is 0 Å². The van der Waals surface area contributed by atoms with E-state index in [0.717, 1.165) is 28.5 Å². The summed E-state index contributed by atoms with van der Waals surface area (Å²) in [7, 11) is 3.07. The molecule has 2 atom stereocenters. The maximum atomic E-state index is 11.7. The molecule has 33 heavy (non-hydrogen) atoms. The van der Waals surface area contributed by atoms with Gasteiger partial charge in [-0.25, -0.2) is 0 Å². The van der Waals surface area contributed by atoms with Crippen molar-refractivity contribution >= 4 is 23.3 Å². The van der Waals surface area contributed by atoms with E-state index in [9.17, 15) is 4.79 Å². The highest BCUT2D eigenvalue weighted by Gasteiger charge is 2.41. The third kappa shape index (κ3) is 4.71. The first-order valence-electron chi connectivity index (χ1n) is 10.9. The largest absolute Gasteiger partial charge is 0.497 e. The zero-order valence-corrected chi connectivity index (χ0v) is 19.8. The molecule has 172 valence electrons. The van der Waals surface area contributed by atoms with Crippen LogP contribution in [0.5, 0.6) is 5.75 Å². The van der Waals surface area contributed by atoms with Crippen LogP contribution in [0.1, 0.15) is 42.0 Å². The van der Waals surface area contributed by atoms with E-state index in [-0.39, 0.29) is 18.1 Å². The average molecular weight is 465 g/mol. The molecule has 1 aliphatic heterocycles. The highest BCUT2D eigenvalue weighted by atomic mass is 32.1. The Balaban J connectivity index is 1.74. The molecule has 7 nitrogen and oxygen atoms in total. The lowest BCUT2D eigenvalue weighted by Gasteiger charge is -2.29. The Labute approximate surface area is 199 Å². The summed E-state index contributed by atoms with van der Waals surface area (Å²) in [5, 5.41) is 4.13. The molecule has 1 saturated heterocycles. The summed E-state index contributed by atoms with van der Waals surface area (Å²) in [4.78, 5) is 18.5. The smallest absolute Gasteiger partial charge is 0.305 e. The number of aryl methyl sites for hydroxylation is 1. The number of aromatic nitrogens is 2. The number of methoxy groups -OCH3 is 2. The molecule has 3 aromatic rings. The maximum Gasteiger partial charge on any atom is 0.305 e. The molecule has 0 aliphatic carbocycles. The fraction of sp³-hybridized carbons (Fsp3) is 0.320. The summed E-state index contributed by atoms with van der Waals surface area (Å²) in [6.45, 7) is 2.72. The highest BCUT2D eigenvalue weighted by Crippen LogP contribution is 2.40. The minimum atomic E-state index is -0.219. The summed E-state index contributed by atoms with van der Waals surface area (Å²) in [6.07, 6.45) is 2.78. The molecule has 1 aliphatic rings. The summed E-state index contributed by atoms with van der Waals surface area (Å²) in [6, 6.07) is 18.0. The van der Waals surface area contributed by atoms with Crippen LogP contribution in [0, 0.1) is 6.92 Å². The zero-order chi connectivity index (χ0) is 23.4. The summed E-state index contributed by atoms with van der Waals surface area (Å²) in [5.41, 5.74) is 4.17. The molecule has 1 N–H and O–H groups in total. The number of benzene rings is 1. The van der Waals surface area contributed by atoms with Crippen LogP contribution in [0.4, 0.5) is 0 Å². The van der Waals surface area contributed by atoms with Crippen molar-refractivity contribution in [3.8, 4) is 11.4 Å². The lowest BCUT2D eigenvalue weighted by Crippen LogP contribution is -2.31. The lowest BCUT2D eigenvalue weighted by atomic mass is 10.0. The van der Waals surface area contributed by atoms with Crippen LogP contribution in [0.15, 0.2) is 60.8 Å². The number of hydrogen-bond donors (Lipinski definition) is 1. The fourth-order valence-electron chi connectivity index (χ4n) is 4.34. The topological polar surface area (TPSA) is 68.6 Å². The minimum absolute atomic E-state index is 0.0964. The first-order valence-corrected chi connectivity index (χ1v) is 11.3. The van der Waals surface area contributed by atoms with Crippen molar-refractivity contribution in [2.45, 2.75) is 31.8 Å². The Bertz CT molecular complexity index is 1110. The molecule has 1 fully saturated rings. The van der Waals surface area contributed by atoms with Crippen molar-refractivity contribution in [1.82, 2.24) is 19.8 Å². The van der Waals surface area contributed by atoms with Crippen molar-refractivity contribution in [1.29, 1.82) is 0 Å². The van der Waals surface area contributed by atoms with Gasteiger partial charge in [0.2, 0.25) is 0 Å². The van der Waals surface area contributed by atoms with E-state index >= 15 is 0 Å². The molecule has 4 rings (SSSR count). The molecule has 0 radical (unpaired) electrons. The molecular formula is C25H28N4O3S. The maximum absolute atomic E-state index is 11.7. The second kappa shape index (κ2) is 10.0. The van der Waals surface area contributed by atoms with Gasteiger partial charge < -0.3 is 24.3 Å². The van der Waals surface area contributed by atoms with Crippen LogP contribution in [0.3, 0.4) is 0 Å². The monoisotopic (exact) mass is 464 g/mol. The second-order valence-corrected chi connectivity index (χ2v) is 8.32. The van der Waals surface area contributed by atoms with Gasteiger partial charge in [-0.1, -0.05) is 6.07 Å². The first-order chi connectivity index (χ1) is 16.0. The van der Waals surface area contributed by atoms with Crippen LogP contribution < -0.4 is 10.1 Å². The van der Waals surface area contributed by atoms with Gasteiger partial charge in [0.25, 0.3) is 0 Å². The van der Waals surface area contributed by atoms with Gasteiger partial charge in [0.05, 0.1) is 32.0 Å². The number of pyridine rings is 1. The number of carbonyl (C=O) groups is 1. The van der Waals surface area contributed by atoms with E-state index in [0.29, 0.717) is 24.5 Å². The Morgan fingerprint density at radius 3 is 2.58 bits per heavy atom. The van der Waals surface area contributed by atoms with Gasteiger partial charge in [0.15, 0.2) is 5.11 Å². The summed E-state index contributed by atoms with van der Waals surface area (Å²) in [5.74, 6) is 0.591. The van der Waals surface area contributed by atoms with Gasteiger partial charge in [-0.3, -0.25) is 9.78 Å². The number of rotatable bonds is 8. The van der Waals surface area contributed by atoms with Crippen molar-refractivity contribution in [3.05, 3.63) is 77.9 Å². The molecule has 0 spiro atoms. The zero-order valence-electron chi connectivity index (χ0n) is 19.0. The van der Waals surface area contributed by atoms with E-state index in [1.165, 1.54) is 7.11 Å². The SMILES string of the molecule is COC(=O)CCCN1C(=S)N[C@H](c2ccccn2)[C@@H]1c1ccc(C)n1-c1ccc(OC)cc1. The van der Waals surface area contributed by atoms with Gasteiger partial charge in [-0.05, 0) is 74.1 Å². The Morgan fingerprint density at radius 2 is 1.91 bits per heavy atom. The van der Waals surface area contributed by atoms with Crippen molar-refractivity contribution in [2.75, 3.05) is 20.8 Å². The van der Waals surface area contributed by atoms with Crippen molar-refractivity contribution in [3.63, 3.8) is 0 Å². The molecule has 8 heteroatoms. The lowest BCUT2D eigenvalue weighted by molar-refractivity contribution is -0.140. The average Bonchev–Trinajstić information content (AvgIpc) is 3.38. The predicted octanol–water partition coefficient (Wildman–Crippen LogP) is 4.12. The minimum Gasteiger partial charge on any atom is -0.497 e. The van der Waals surface area contributed by atoms with Crippen LogP contribution in [-0.2, 0) is 9.53 Å². The first kappa shape index (κ1) is 22.8. The van der Waals surface area contributed by atoms with Gasteiger partial charge in [-0.2, -0.15) is 0 Å². The molecule has 0 bridgehead atoms. The van der Waals surface area contributed by atoms with E-state index in [4.69, 9.17) is 21.7 Å². The van der Waals surface area contributed by atoms with Gasteiger partial charge >= 0.3 is 5.97 Å². The van der Waals surface area contributed by atoms with E-state index in [1.54, 1.807) is 13.3 Å². The molecule has 3 heterocycles. The Hall–Kier alpha value is -3.39. The van der Waals surface area contributed by atoms with Crippen LogP contribution >= 0.6 is 12.2 Å². The highest BCUT2D eigenvalue weighted by molar-refractivity contribution is 7.80. The number of ether oxygens (including phenoxy) is 2. The quantitative estimate of drug-likeness (QED) is 0.397. The number of hydrogen-bond acceptors (Lipinski definition) is 5. The number of nitrogens with zero attached hydrogens (tertiary/aromatic N) is 3. The van der Waals surface area contributed by atoms with Gasteiger partial charge in [-0.15, -0.1) is 0 Å². The van der Waals surface area contributed by atoms with E-state index in [2.05, 4.69) is 38.8 Å². The Morgan fingerprint density at radius 1 is 1.12 bits per heavy atom. The number of esters is 1. The second-order valence-electron chi connectivity index (χ2n) is 7.93. The summed E-state index contributed by atoms with van der Waals surface area (Å²) >= 11 is 5.75. The molecule has 0 saturated carbocycles. The number of thiocarbonyl (C=S) groups is 1. The molecular weight excluding hydrogens is 436 g/mol. The normalized spacial score (nSPS) is 17.7. The van der Waals surface area contributed by atoms with Crippen LogP contribution in [-0.4, -0.2) is 46.3 Å². The van der Waals surface area contributed by atoms with Gasteiger partial charge in [0.1, 0.15) is 5.75 Å². The number of nitrogens with one attached hydrogen (secondary N) is 1. The van der Waals surface area contributed by atoms with Crippen LogP contribution in [0.25, 0.3) is 5.69 Å². The molecule has 0 unspecified atom stereocenters. The predicted molar refractivity (Wildman–Crippen MR) is 130 cm³/mol. The van der Waals surface area contributed by atoms with E-state index < -0.39 is 0 Å². The van der Waals surface area contributed by atoms with Gasteiger partial charge in [0, 0.05) is 36.2 Å². The fourth-order valence-corrected chi connectivity index (χ4v) is 4.67. The third-order valence-corrected chi connectivity index (χ3v) is 6.30. The van der Waals surface area contributed by atoms with E-state index in [1.807, 2.05) is 42.5 Å².